The van der Waals surface area contributed by atoms with Gasteiger partial charge in [0.2, 0.25) is 5.91 Å². The van der Waals surface area contributed by atoms with Crippen molar-refractivity contribution in [3.63, 3.8) is 0 Å². The van der Waals surface area contributed by atoms with Gasteiger partial charge in [-0.2, -0.15) is 4.90 Å². The van der Waals surface area contributed by atoms with E-state index >= 15 is 0 Å². The standard InChI is InChI=1S/C10H7F6NO/c11-9(12,13)17(10(14,15)16)8(18)6-7-4-2-1-3-5-7/h1-5H,6H2. The van der Waals surface area contributed by atoms with Crippen LogP contribution in [0.5, 0.6) is 0 Å². The lowest BCUT2D eigenvalue weighted by Crippen LogP contribution is -2.52. The number of carbonyl (C=O) groups excluding carboxylic acids is 1. The first-order valence-corrected chi connectivity index (χ1v) is 4.63. The maximum absolute atomic E-state index is 12.2. The molecule has 0 radical (unpaired) electrons. The summed E-state index contributed by atoms with van der Waals surface area (Å²) in [6.07, 6.45) is -12.5. The SMILES string of the molecule is O=C(Cc1ccccc1)N(C(F)(F)F)C(F)(F)F. The van der Waals surface area contributed by atoms with E-state index < -0.39 is 29.8 Å². The second-order valence-corrected chi connectivity index (χ2v) is 3.33. The fraction of sp³-hybridized carbons (Fsp3) is 0.300. The Morgan fingerprint density at radius 1 is 0.944 bits per heavy atom. The maximum atomic E-state index is 12.2. The predicted molar refractivity (Wildman–Crippen MR) is 49.1 cm³/mol. The van der Waals surface area contributed by atoms with Crippen molar-refractivity contribution < 1.29 is 31.1 Å². The fourth-order valence-corrected chi connectivity index (χ4v) is 1.28. The van der Waals surface area contributed by atoms with E-state index in [1.807, 2.05) is 0 Å². The van der Waals surface area contributed by atoms with E-state index in [9.17, 15) is 31.1 Å². The molecule has 0 bridgehead atoms. The van der Waals surface area contributed by atoms with Crippen LogP contribution in [0.3, 0.4) is 0 Å². The van der Waals surface area contributed by atoms with Crippen LogP contribution in [0.2, 0.25) is 0 Å². The molecular formula is C10H7F6NO. The summed E-state index contributed by atoms with van der Waals surface area (Å²) in [6, 6.07) is 6.88. The van der Waals surface area contributed by atoms with Gasteiger partial charge >= 0.3 is 12.6 Å². The zero-order valence-corrected chi connectivity index (χ0v) is 8.72. The van der Waals surface area contributed by atoms with E-state index in [0.717, 1.165) is 0 Å². The molecule has 1 aromatic rings. The minimum Gasteiger partial charge on any atom is -0.274 e. The molecule has 0 saturated carbocycles. The summed E-state index contributed by atoms with van der Waals surface area (Å²) in [4.78, 5) is 9.07. The Kier molecular flexibility index (Phi) is 3.88. The van der Waals surface area contributed by atoms with Gasteiger partial charge in [-0.15, -0.1) is 26.3 Å². The lowest BCUT2D eigenvalue weighted by atomic mass is 10.1. The third kappa shape index (κ3) is 3.64. The summed E-state index contributed by atoms with van der Waals surface area (Å²) in [6.45, 7) is 0. The smallest absolute Gasteiger partial charge is 0.274 e. The molecule has 0 atom stereocenters. The number of benzene rings is 1. The van der Waals surface area contributed by atoms with Crippen molar-refractivity contribution >= 4 is 5.91 Å². The Bertz CT molecular complexity index is 397. The van der Waals surface area contributed by atoms with Gasteiger partial charge in [0.25, 0.3) is 0 Å². The fourth-order valence-electron chi connectivity index (χ4n) is 1.28. The molecule has 1 rings (SSSR count). The Labute approximate surface area is 97.8 Å². The number of nitrogens with zero attached hydrogens (tertiary/aromatic N) is 1. The zero-order chi connectivity index (χ0) is 14.0. The quantitative estimate of drug-likeness (QED) is 0.598. The van der Waals surface area contributed by atoms with Crippen LogP contribution in [0.4, 0.5) is 26.3 Å². The maximum Gasteiger partial charge on any atom is 0.494 e. The molecule has 0 N–H and O–H groups in total. The minimum atomic E-state index is -5.79. The van der Waals surface area contributed by atoms with Crippen molar-refractivity contribution in [2.45, 2.75) is 19.0 Å². The molecule has 18 heavy (non-hydrogen) atoms. The molecule has 2 nitrogen and oxygen atoms in total. The molecule has 0 spiro atoms. The van der Waals surface area contributed by atoms with E-state index in [1.54, 1.807) is 0 Å². The Balaban J connectivity index is 2.92. The highest BCUT2D eigenvalue weighted by Gasteiger charge is 2.56. The predicted octanol–water partition coefficient (Wildman–Crippen LogP) is 3.10. The lowest BCUT2D eigenvalue weighted by molar-refractivity contribution is -0.355. The van der Waals surface area contributed by atoms with Crippen molar-refractivity contribution in [2.75, 3.05) is 0 Å². The van der Waals surface area contributed by atoms with Crippen LogP contribution in [0.1, 0.15) is 5.56 Å². The molecule has 0 aromatic heterocycles. The monoisotopic (exact) mass is 271 g/mol. The van der Waals surface area contributed by atoms with Gasteiger partial charge < -0.3 is 0 Å². The molecule has 100 valence electrons. The van der Waals surface area contributed by atoms with Crippen LogP contribution in [0.15, 0.2) is 30.3 Å². The highest BCUT2D eigenvalue weighted by atomic mass is 19.4. The number of hydrogen-bond donors (Lipinski definition) is 0. The normalized spacial score (nSPS) is 12.3. The number of carbonyl (C=O) groups is 1. The first-order chi connectivity index (χ1) is 8.12. The summed E-state index contributed by atoms with van der Waals surface area (Å²) >= 11 is 0. The molecule has 1 amide bonds. The van der Waals surface area contributed by atoms with E-state index in [-0.39, 0.29) is 5.56 Å². The number of amides is 1. The van der Waals surface area contributed by atoms with Crippen LogP contribution in [0.25, 0.3) is 0 Å². The van der Waals surface area contributed by atoms with Gasteiger partial charge in [0.1, 0.15) is 0 Å². The van der Waals surface area contributed by atoms with Crippen molar-refractivity contribution in [3.8, 4) is 0 Å². The number of rotatable bonds is 2. The minimum absolute atomic E-state index is 0.0704. The van der Waals surface area contributed by atoms with E-state index in [1.165, 1.54) is 30.3 Å². The molecule has 0 aliphatic rings. The van der Waals surface area contributed by atoms with Gasteiger partial charge in [0, 0.05) is 0 Å². The molecule has 1 aromatic carbocycles. The van der Waals surface area contributed by atoms with Crippen molar-refractivity contribution in [1.29, 1.82) is 0 Å². The van der Waals surface area contributed by atoms with Gasteiger partial charge in [0.05, 0.1) is 6.42 Å². The molecular weight excluding hydrogens is 264 g/mol. The van der Waals surface area contributed by atoms with Crippen LogP contribution in [-0.2, 0) is 11.2 Å². The molecule has 0 unspecified atom stereocenters. The molecule has 0 saturated heterocycles. The van der Waals surface area contributed by atoms with Crippen LogP contribution >= 0.6 is 0 Å². The van der Waals surface area contributed by atoms with Gasteiger partial charge in [-0.1, -0.05) is 30.3 Å². The Hall–Kier alpha value is -1.73. The second-order valence-electron chi connectivity index (χ2n) is 3.33. The van der Waals surface area contributed by atoms with Crippen molar-refractivity contribution in [1.82, 2.24) is 4.90 Å². The topological polar surface area (TPSA) is 20.3 Å². The van der Waals surface area contributed by atoms with Gasteiger partial charge in [-0.3, -0.25) is 4.79 Å². The van der Waals surface area contributed by atoms with Crippen LogP contribution < -0.4 is 0 Å². The summed E-state index contributed by atoms with van der Waals surface area (Å²) in [5.41, 5.74) is 0.0704. The number of halogens is 6. The first-order valence-electron chi connectivity index (χ1n) is 4.63. The molecule has 8 heteroatoms. The third-order valence-corrected chi connectivity index (χ3v) is 1.95. The van der Waals surface area contributed by atoms with Crippen molar-refractivity contribution in [3.05, 3.63) is 35.9 Å². The molecule has 0 aliphatic carbocycles. The van der Waals surface area contributed by atoms with E-state index in [0.29, 0.717) is 0 Å². The van der Waals surface area contributed by atoms with Crippen molar-refractivity contribution in [2.24, 2.45) is 0 Å². The highest BCUT2D eigenvalue weighted by molar-refractivity contribution is 5.79. The highest BCUT2D eigenvalue weighted by Crippen LogP contribution is 2.33. The Morgan fingerprint density at radius 2 is 1.39 bits per heavy atom. The van der Waals surface area contributed by atoms with E-state index in [4.69, 9.17) is 0 Å². The lowest BCUT2D eigenvalue weighted by Gasteiger charge is -2.26. The second kappa shape index (κ2) is 4.87. The average molecular weight is 271 g/mol. The number of alkyl halides is 6. The summed E-state index contributed by atoms with van der Waals surface area (Å²) < 4.78 is 72.9. The molecule has 0 fully saturated rings. The van der Waals surface area contributed by atoms with Gasteiger partial charge in [-0.05, 0) is 5.56 Å². The van der Waals surface area contributed by atoms with E-state index in [2.05, 4.69) is 0 Å². The Morgan fingerprint density at radius 3 is 1.78 bits per heavy atom. The third-order valence-electron chi connectivity index (χ3n) is 1.95. The van der Waals surface area contributed by atoms with Gasteiger partial charge in [-0.25, -0.2) is 0 Å². The number of hydrogen-bond acceptors (Lipinski definition) is 1. The largest absolute Gasteiger partial charge is 0.494 e. The van der Waals surface area contributed by atoms with Gasteiger partial charge in [0.15, 0.2) is 0 Å². The summed E-state index contributed by atoms with van der Waals surface area (Å²) in [7, 11) is 0. The van der Waals surface area contributed by atoms with Crippen LogP contribution in [-0.4, -0.2) is 23.4 Å². The summed E-state index contributed by atoms with van der Waals surface area (Å²) in [5, 5.41) is 0. The molecule has 0 aliphatic heterocycles. The summed E-state index contributed by atoms with van der Waals surface area (Å²) in [5.74, 6) is -2.07. The van der Waals surface area contributed by atoms with Crippen LogP contribution in [0, 0.1) is 0 Å². The zero-order valence-electron chi connectivity index (χ0n) is 8.72. The first kappa shape index (κ1) is 14.3. The average Bonchev–Trinajstić information content (AvgIpc) is 2.13. The molecule has 0 heterocycles.